The maximum atomic E-state index is 10.2. The fourth-order valence-corrected chi connectivity index (χ4v) is 3.02. The van der Waals surface area contributed by atoms with Gasteiger partial charge in [0.2, 0.25) is 0 Å². The zero-order chi connectivity index (χ0) is 16.5. The molecule has 0 spiro atoms. The highest BCUT2D eigenvalue weighted by atomic mass is 16.3. The molecule has 0 fully saturated rings. The van der Waals surface area contributed by atoms with Gasteiger partial charge in [0, 0.05) is 10.9 Å². The highest BCUT2D eigenvalue weighted by Crippen LogP contribution is 2.35. The van der Waals surface area contributed by atoms with E-state index in [4.69, 9.17) is 4.98 Å². The Morgan fingerprint density at radius 2 is 1.50 bits per heavy atom. The van der Waals surface area contributed by atoms with Crippen LogP contribution in [0.15, 0.2) is 78.9 Å². The van der Waals surface area contributed by atoms with Gasteiger partial charge in [-0.25, -0.2) is 4.98 Å². The lowest BCUT2D eigenvalue weighted by Crippen LogP contribution is -1.91. The minimum Gasteiger partial charge on any atom is -0.507 e. The number of nitrogens with zero attached hydrogens (tertiary/aromatic N) is 1. The Kier molecular flexibility index (Phi) is 3.51. The molecule has 24 heavy (non-hydrogen) atoms. The largest absolute Gasteiger partial charge is 0.507 e. The number of aromatic nitrogens is 1. The van der Waals surface area contributed by atoms with Crippen molar-refractivity contribution in [3.05, 3.63) is 84.4 Å². The first kappa shape index (κ1) is 14.5. The van der Waals surface area contributed by atoms with Gasteiger partial charge in [0.25, 0.3) is 0 Å². The Hall–Kier alpha value is -3.13. The smallest absolute Gasteiger partial charge is 0.124 e. The van der Waals surface area contributed by atoms with Crippen LogP contribution in [0.2, 0.25) is 0 Å². The lowest BCUT2D eigenvalue weighted by Gasteiger charge is -2.12. The van der Waals surface area contributed by atoms with E-state index in [1.54, 1.807) is 6.07 Å². The summed E-state index contributed by atoms with van der Waals surface area (Å²) in [5, 5.41) is 11.3. The van der Waals surface area contributed by atoms with Gasteiger partial charge >= 0.3 is 0 Å². The third-order valence-electron chi connectivity index (χ3n) is 4.23. The van der Waals surface area contributed by atoms with Crippen LogP contribution < -0.4 is 0 Å². The summed E-state index contributed by atoms with van der Waals surface area (Å²) in [6.07, 6.45) is 0. The van der Waals surface area contributed by atoms with Crippen LogP contribution in [-0.4, -0.2) is 10.1 Å². The number of hydrogen-bond donors (Lipinski definition) is 1. The van der Waals surface area contributed by atoms with E-state index >= 15 is 0 Å². The number of phenolic OH excluding ortho intramolecular Hbond substituents is 1. The van der Waals surface area contributed by atoms with Crippen molar-refractivity contribution >= 4 is 10.9 Å². The van der Waals surface area contributed by atoms with E-state index in [1.165, 1.54) is 5.56 Å². The van der Waals surface area contributed by atoms with Crippen LogP contribution in [0.1, 0.15) is 5.56 Å². The average molecular weight is 311 g/mol. The van der Waals surface area contributed by atoms with E-state index in [1.807, 2.05) is 36.4 Å². The molecule has 0 atom stereocenters. The maximum Gasteiger partial charge on any atom is 0.124 e. The van der Waals surface area contributed by atoms with Gasteiger partial charge in [0.1, 0.15) is 5.75 Å². The van der Waals surface area contributed by atoms with Crippen molar-refractivity contribution in [2.75, 3.05) is 0 Å². The second-order valence-electron chi connectivity index (χ2n) is 5.96. The van der Waals surface area contributed by atoms with Crippen LogP contribution in [0.4, 0.5) is 0 Å². The van der Waals surface area contributed by atoms with Gasteiger partial charge in [-0.2, -0.15) is 0 Å². The Bertz CT molecular complexity index is 1020. The van der Waals surface area contributed by atoms with Crippen molar-refractivity contribution in [3.63, 3.8) is 0 Å². The molecular weight excluding hydrogens is 294 g/mol. The summed E-state index contributed by atoms with van der Waals surface area (Å²) in [6.45, 7) is 2.07. The van der Waals surface area contributed by atoms with Crippen LogP contribution in [0, 0.1) is 6.92 Å². The number of aromatic hydroxyl groups is 1. The number of phenols is 1. The van der Waals surface area contributed by atoms with Crippen molar-refractivity contribution in [2.45, 2.75) is 6.92 Å². The third kappa shape index (κ3) is 2.52. The fourth-order valence-electron chi connectivity index (χ4n) is 3.02. The summed E-state index contributed by atoms with van der Waals surface area (Å²) >= 11 is 0. The number of benzene rings is 3. The summed E-state index contributed by atoms with van der Waals surface area (Å²) < 4.78 is 0. The van der Waals surface area contributed by atoms with Gasteiger partial charge in [-0.05, 0) is 47.9 Å². The summed E-state index contributed by atoms with van der Waals surface area (Å²) in [5.41, 5.74) is 5.91. The van der Waals surface area contributed by atoms with E-state index in [-0.39, 0.29) is 5.75 Å². The zero-order valence-corrected chi connectivity index (χ0v) is 13.4. The maximum absolute atomic E-state index is 10.2. The van der Waals surface area contributed by atoms with Gasteiger partial charge in [-0.3, -0.25) is 0 Å². The van der Waals surface area contributed by atoms with Gasteiger partial charge in [0.05, 0.1) is 11.2 Å². The molecule has 0 amide bonds. The molecule has 0 aliphatic rings. The van der Waals surface area contributed by atoms with E-state index in [0.29, 0.717) is 0 Å². The molecule has 2 heteroatoms. The van der Waals surface area contributed by atoms with Gasteiger partial charge in [-0.1, -0.05) is 54.6 Å². The first-order valence-electron chi connectivity index (χ1n) is 7.97. The Morgan fingerprint density at radius 1 is 0.750 bits per heavy atom. The van der Waals surface area contributed by atoms with Crippen molar-refractivity contribution in [2.24, 2.45) is 0 Å². The summed E-state index contributed by atoms with van der Waals surface area (Å²) in [7, 11) is 0. The topological polar surface area (TPSA) is 33.1 Å². The second-order valence-corrected chi connectivity index (χ2v) is 5.96. The average Bonchev–Trinajstić information content (AvgIpc) is 2.61. The number of aryl methyl sites for hydroxylation is 1. The SMILES string of the molecule is Cc1ccc2c(-c3ccccc3)cc(-c3ccccc3O)nc2c1. The number of hydrogen-bond acceptors (Lipinski definition) is 2. The van der Waals surface area contributed by atoms with Crippen LogP contribution >= 0.6 is 0 Å². The van der Waals surface area contributed by atoms with Gasteiger partial charge in [-0.15, -0.1) is 0 Å². The van der Waals surface area contributed by atoms with Crippen molar-refractivity contribution in [1.82, 2.24) is 4.98 Å². The number of para-hydroxylation sites is 1. The van der Waals surface area contributed by atoms with E-state index in [2.05, 4.69) is 43.3 Å². The lowest BCUT2D eigenvalue weighted by molar-refractivity contribution is 0.477. The number of fused-ring (bicyclic) bond motifs is 1. The Labute approximate surface area is 141 Å². The predicted octanol–water partition coefficient (Wildman–Crippen LogP) is 5.58. The fraction of sp³-hybridized carbons (Fsp3) is 0.0455. The molecule has 4 rings (SSSR count). The Balaban J connectivity index is 2.05. The molecule has 2 nitrogen and oxygen atoms in total. The van der Waals surface area contributed by atoms with Crippen LogP contribution in [-0.2, 0) is 0 Å². The van der Waals surface area contributed by atoms with Gasteiger partial charge < -0.3 is 5.11 Å². The summed E-state index contributed by atoms with van der Waals surface area (Å²) in [4.78, 5) is 4.79. The molecule has 0 saturated carbocycles. The number of pyridine rings is 1. The molecule has 4 aromatic rings. The van der Waals surface area contributed by atoms with Crippen molar-refractivity contribution < 1.29 is 5.11 Å². The van der Waals surface area contributed by atoms with Crippen LogP contribution in [0.25, 0.3) is 33.3 Å². The molecule has 0 unspecified atom stereocenters. The van der Waals surface area contributed by atoms with E-state index in [9.17, 15) is 5.11 Å². The second kappa shape index (κ2) is 5.82. The zero-order valence-electron chi connectivity index (χ0n) is 13.4. The van der Waals surface area contributed by atoms with Crippen molar-refractivity contribution in [3.8, 4) is 28.1 Å². The van der Waals surface area contributed by atoms with Crippen LogP contribution in [0.3, 0.4) is 0 Å². The standard InChI is InChI=1S/C22H17NO/c1-15-11-12-17-19(16-7-3-2-4-8-16)14-21(23-20(17)13-15)18-9-5-6-10-22(18)24/h2-14,24H,1H3. The highest BCUT2D eigenvalue weighted by Gasteiger charge is 2.11. The molecule has 1 heterocycles. The number of rotatable bonds is 2. The minimum absolute atomic E-state index is 0.246. The van der Waals surface area contributed by atoms with Crippen LogP contribution in [0.5, 0.6) is 5.75 Å². The molecule has 116 valence electrons. The molecule has 0 bridgehead atoms. The van der Waals surface area contributed by atoms with E-state index in [0.717, 1.165) is 33.3 Å². The molecular formula is C22H17NO. The molecule has 1 aromatic heterocycles. The lowest BCUT2D eigenvalue weighted by atomic mass is 9.97. The van der Waals surface area contributed by atoms with Gasteiger partial charge in [0.15, 0.2) is 0 Å². The Morgan fingerprint density at radius 3 is 2.29 bits per heavy atom. The molecule has 0 aliphatic heterocycles. The quantitative estimate of drug-likeness (QED) is 0.524. The summed E-state index contributed by atoms with van der Waals surface area (Å²) in [5.74, 6) is 0.246. The monoisotopic (exact) mass is 311 g/mol. The highest BCUT2D eigenvalue weighted by molar-refractivity contribution is 5.97. The molecule has 0 saturated heterocycles. The first-order valence-corrected chi connectivity index (χ1v) is 7.97. The minimum atomic E-state index is 0.246. The summed E-state index contributed by atoms with van der Waals surface area (Å²) in [6, 6.07) is 26.0. The normalized spacial score (nSPS) is 10.9. The molecule has 0 radical (unpaired) electrons. The molecule has 1 N–H and O–H groups in total. The third-order valence-corrected chi connectivity index (χ3v) is 4.23. The molecule has 0 aliphatic carbocycles. The first-order chi connectivity index (χ1) is 11.7. The molecule has 3 aromatic carbocycles. The van der Waals surface area contributed by atoms with Crippen molar-refractivity contribution in [1.29, 1.82) is 0 Å². The van der Waals surface area contributed by atoms with E-state index < -0.39 is 0 Å². The predicted molar refractivity (Wildman–Crippen MR) is 99.0 cm³/mol.